The van der Waals surface area contributed by atoms with Crippen LogP contribution in [-0.4, -0.2) is 56.2 Å². The Hall–Kier alpha value is -4.24. The van der Waals surface area contributed by atoms with E-state index in [4.69, 9.17) is 9.47 Å². The van der Waals surface area contributed by atoms with Crippen molar-refractivity contribution in [3.63, 3.8) is 0 Å². The number of rotatable bonds is 8. The minimum atomic E-state index is -0.726. The number of fused-ring (bicyclic) bond motifs is 1. The Bertz CT molecular complexity index is 1440. The molecular weight excluding hydrogens is 482 g/mol. The van der Waals surface area contributed by atoms with Crippen LogP contribution in [0.4, 0.5) is 11.5 Å². The Morgan fingerprint density at radius 1 is 1.13 bits per heavy atom. The highest BCUT2D eigenvalue weighted by molar-refractivity contribution is 5.96. The van der Waals surface area contributed by atoms with E-state index >= 15 is 0 Å². The van der Waals surface area contributed by atoms with Crippen LogP contribution in [0.2, 0.25) is 0 Å². The zero-order chi connectivity index (χ0) is 26.6. The molecule has 0 aliphatic carbocycles. The molecule has 2 atom stereocenters. The number of ether oxygens (including phenoxy) is 2. The molecular formula is C29H31N5O4. The monoisotopic (exact) mass is 513 g/mol. The van der Waals surface area contributed by atoms with Crippen molar-refractivity contribution >= 4 is 28.3 Å². The third kappa shape index (κ3) is 5.38. The summed E-state index contributed by atoms with van der Waals surface area (Å²) in [5.74, 6) is 2.34. The molecule has 1 saturated heterocycles. The number of anilines is 2. The van der Waals surface area contributed by atoms with Crippen LogP contribution >= 0.6 is 0 Å². The lowest BCUT2D eigenvalue weighted by Gasteiger charge is -2.26. The molecule has 9 nitrogen and oxygen atoms in total. The second-order valence-corrected chi connectivity index (χ2v) is 9.49. The van der Waals surface area contributed by atoms with E-state index in [2.05, 4.69) is 20.3 Å². The molecule has 0 spiro atoms. The van der Waals surface area contributed by atoms with Gasteiger partial charge in [0.25, 0.3) is 5.91 Å². The first-order chi connectivity index (χ1) is 18.4. The number of hydrogen-bond acceptors (Lipinski definition) is 8. The van der Waals surface area contributed by atoms with Gasteiger partial charge in [0, 0.05) is 17.9 Å². The number of carbonyl (C=O) groups excluding carboxylic acids is 1. The SMILES string of the molecule is Cc1ccc(Oc2ccc(Nc3ncnc4cccc(O[C@@H](C)C(=O)N5CCCC5CO)c34)cc2C)cn1. The predicted octanol–water partition coefficient (Wildman–Crippen LogP) is 4.93. The highest BCUT2D eigenvalue weighted by Crippen LogP contribution is 2.34. The maximum absolute atomic E-state index is 13.1. The zero-order valence-corrected chi connectivity index (χ0v) is 21.7. The third-order valence-electron chi connectivity index (χ3n) is 6.70. The summed E-state index contributed by atoms with van der Waals surface area (Å²) >= 11 is 0. The van der Waals surface area contributed by atoms with E-state index in [1.54, 1.807) is 18.0 Å². The van der Waals surface area contributed by atoms with Gasteiger partial charge in [0.1, 0.15) is 29.4 Å². The van der Waals surface area contributed by atoms with E-state index in [0.717, 1.165) is 35.5 Å². The van der Waals surface area contributed by atoms with Gasteiger partial charge in [-0.25, -0.2) is 9.97 Å². The number of nitrogens with one attached hydrogen (secondary N) is 1. The van der Waals surface area contributed by atoms with Crippen molar-refractivity contribution in [1.82, 2.24) is 19.9 Å². The number of hydrogen-bond donors (Lipinski definition) is 2. The average Bonchev–Trinajstić information content (AvgIpc) is 3.40. The number of pyridine rings is 1. The van der Waals surface area contributed by atoms with Gasteiger partial charge in [-0.15, -0.1) is 0 Å². The summed E-state index contributed by atoms with van der Waals surface area (Å²) < 4.78 is 12.2. The van der Waals surface area contributed by atoms with Crippen molar-refractivity contribution in [1.29, 1.82) is 0 Å². The topological polar surface area (TPSA) is 110 Å². The minimum absolute atomic E-state index is 0.0419. The second-order valence-electron chi connectivity index (χ2n) is 9.49. The van der Waals surface area contributed by atoms with E-state index in [1.165, 1.54) is 6.33 Å². The smallest absolute Gasteiger partial charge is 0.263 e. The summed E-state index contributed by atoms with van der Waals surface area (Å²) in [5, 5.41) is 13.7. The molecule has 3 heterocycles. The van der Waals surface area contributed by atoms with E-state index in [9.17, 15) is 9.90 Å². The van der Waals surface area contributed by atoms with E-state index < -0.39 is 6.10 Å². The first-order valence-corrected chi connectivity index (χ1v) is 12.7. The Balaban J connectivity index is 1.38. The van der Waals surface area contributed by atoms with Crippen molar-refractivity contribution in [2.45, 2.75) is 45.8 Å². The molecule has 196 valence electrons. The maximum atomic E-state index is 13.1. The number of aliphatic hydroxyl groups is 1. The molecule has 1 aliphatic rings. The molecule has 4 aromatic rings. The normalized spacial score (nSPS) is 15.9. The van der Waals surface area contributed by atoms with Crippen LogP contribution in [-0.2, 0) is 4.79 Å². The Morgan fingerprint density at radius 2 is 2.00 bits per heavy atom. The summed E-state index contributed by atoms with van der Waals surface area (Å²) in [7, 11) is 0. The van der Waals surface area contributed by atoms with Crippen LogP contribution in [0.3, 0.4) is 0 Å². The Labute approximate surface area is 221 Å². The molecule has 2 aromatic heterocycles. The summed E-state index contributed by atoms with van der Waals surface area (Å²) in [6.45, 7) is 6.22. The minimum Gasteiger partial charge on any atom is -0.480 e. The van der Waals surface area contributed by atoms with E-state index in [0.29, 0.717) is 34.8 Å². The Kier molecular flexibility index (Phi) is 7.37. The van der Waals surface area contributed by atoms with Gasteiger partial charge in [0.15, 0.2) is 6.10 Å². The number of benzene rings is 2. The summed E-state index contributed by atoms with van der Waals surface area (Å²) in [5.41, 5.74) is 3.38. The van der Waals surface area contributed by atoms with Crippen LogP contribution in [0.15, 0.2) is 61.1 Å². The van der Waals surface area contributed by atoms with Gasteiger partial charge in [0.05, 0.1) is 29.7 Å². The molecule has 38 heavy (non-hydrogen) atoms. The number of amides is 1. The molecule has 5 rings (SSSR count). The van der Waals surface area contributed by atoms with Crippen LogP contribution in [0.25, 0.3) is 10.9 Å². The molecule has 1 amide bonds. The molecule has 0 saturated carbocycles. The molecule has 9 heteroatoms. The number of aromatic nitrogens is 3. The fourth-order valence-electron chi connectivity index (χ4n) is 4.68. The van der Waals surface area contributed by atoms with Crippen LogP contribution in [0, 0.1) is 13.8 Å². The van der Waals surface area contributed by atoms with Gasteiger partial charge in [-0.3, -0.25) is 9.78 Å². The maximum Gasteiger partial charge on any atom is 0.263 e. The lowest BCUT2D eigenvalue weighted by atomic mass is 10.1. The van der Waals surface area contributed by atoms with E-state index in [-0.39, 0.29) is 18.6 Å². The molecule has 0 bridgehead atoms. The van der Waals surface area contributed by atoms with Crippen molar-refractivity contribution in [3.8, 4) is 17.2 Å². The van der Waals surface area contributed by atoms with Crippen molar-refractivity contribution in [2.75, 3.05) is 18.5 Å². The molecule has 1 fully saturated rings. The molecule has 1 aliphatic heterocycles. The lowest BCUT2D eigenvalue weighted by molar-refractivity contribution is -0.139. The predicted molar refractivity (Wildman–Crippen MR) is 145 cm³/mol. The first-order valence-electron chi connectivity index (χ1n) is 12.7. The van der Waals surface area contributed by atoms with Gasteiger partial charge in [-0.2, -0.15) is 0 Å². The van der Waals surface area contributed by atoms with Crippen molar-refractivity contribution in [3.05, 3.63) is 72.3 Å². The summed E-state index contributed by atoms with van der Waals surface area (Å²) in [6.07, 6.45) is 4.15. The molecule has 2 N–H and O–H groups in total. The largest absolute Gasteiger partial charge is 0.480 e. The van der Waals surface area contributed by atoms with Crippen LogP contribution < -0.4 is 14.8 Å². The quantitative estimate of drug-likeness (QED) is 0.341. The number of carbonyl (C=O) groups is 1. The second kappa shape index (κ2) is 11.0. The standard InChI is InChI=1S/C29H31N5O4/c1-18-14-21(10-12-25(18)38-23-11-9-19(2)30-15-23)33-28-27-24(31-17-32-28)7-4-8-26(27)37-20(3)29(36)34-13-5-6-22(34)16-35/h4,7-12,14-15,17,20,22,35H,5-6,13,16H2,1-3H3,(H,31,32,33)/t20-,22?/m0/s1. The van der Waals surface area contributed by atoms with Gasteiger partial charge in [0.2, 0.25) is 0 Å². The van der Waals surface area contributed by atoms with Gasteiger partial charge in [-0.1, -0.05) is 6.07 Å². The van der Waals surface area contributed by atoms with Crippen molar-refractivity contribution < 1.29 is 19.4 Å². The average molecular weight is 514 g/mol. The van der Waals surface area contributed by atoms with Crippen LogP contribution in [0.1, 0.15) is 31.0 Å². The first kappa shape index (κ1) is 25.4. The lowest BCUT2D eigenvalue weighted by Crippen LogP contribution is -2.44. The summed E-state index contributed by atoms with van der Waals surface area (Å²) in [4.78, 5) is 27.9. The van der Waals surface area contributed by atoms with E-state index in [1.807, 2.05) is 62.4 Å². The van der Waals surface area contributed by atoms with Gasteiger partial charge in [-0.05, 0) is 81.6 Å². The number of aryl methyl sites for hydroxylation is 2. The highest BCUT2D eigenvalue weighted by Gasteiger charge is 2.32. The fourth-order valence-corrected chi connectivity index (χ4v) is 4.68. The summed E-state index contributed by atoms with van der Waals surface area (Å²) in [6, 6.07) is 15.0. The Morgan fingerprint density at radius 3 is 2.76 bits per heavy atom. The third-order valence-corrected chi connectivity index (χ3v) is 6.70. The highest BCUT2D eigenvalue weighted by atomic mass is 16.5. The van der Waals surface area contributed by atoms with Gasteiger partial charge < -0.3 is 24.8 Å². The van der Waals surface area contributed by atoms with Crippen molar-refractivity contribution in [2.24, 2.45) is 0 Å². The number of nitrogens with zero attached hydrogens (tertiary/aromatic N) is 4. The zero-order valence-electron chi connectivity index (χ0n) is 21.7. The number of aliphatic hydroxyl groups excluding tert-OH is 1. The van der Waals surface area contributed by atoms with Crippen LogP contribution in [0.5, 0.6) is 17.2 Å². The molecule has 2 aromatic carbocycles. The molecule has 0 radical (unpaired) electrons. The number of likely N-dealkylation sites (tertiary alicyclic amines) is 1. The van der Waals surface area contributed by atoms with Gasteiger partial charge >= 0.3 is 0 Å². The fraction of sp³-hybridized carbons (Fsp3) is 0.310. The molecule has 1 unspecified atom stereocenters.